The molecule has 27 heavy (non-hydrogen) atoms. The highest BCUT2D eigenvalue weighted by atomic mass is 16.5. The summed E-state index contributed by atoms with van der Waals surface area (Å²) in [6, 6.07) is 13.9. The normalized spacial score (nSPS) is 20.5. The molecule has 0 bridgehead atoms. The highest BCUT2D eigenvalue weighted by Gasteiger charge is 2.41. The molecule has 0 saturated heterocycles. The van der Waals surface area contributed by atoms with Crippen LogP contribution in [0.2, 0.25) is 0 Å². The number of carbonyl (C=O) groups excluding carboxylic acids is 2. The molecule has 1 aliphatic carbocycles. The van der Waals surface area contributed by atoms with Gasteiger partial charge in [-0.05, 0) is 35.7 Å². The van der Waals surface area contributed by atoms with Crippen molar-refractivity contribution in [2.75, 3.05) is 0 Å². The molecule has 1 atom stereocenters. The summed E-state index contributed by atoms with van der Waals surface area (Å²) in [7, 11) is 0. The summed E-state index contributed by atoms with van der Waals surface area (Å²) in [5.74, 6) is 1.27. The minimum Gasteiger partial charge on any atom is -0.508 e. The fourth-order valence-corrected chi connectivity index (χ4v) is 4.07. The largest absolute Gasteiger partial charge is 0.508 e. The lowest BCUT2D eigenvalue weighted by Crippen LogP contribution is -2.33. The Morgan fingerprint density at radius 1 is 1.11 bits per heavy atom. The Morgan fingerprint density at radius 3 is 2.56 bits per heavy atom. The monoisotopic (exact) mass is 362 g/mol. The van der Waals surface area contributed by atoms with Gasteiger partial charge in [0, 0.05) is 41.9 Å². The third kappa shape index (κ3) is 3.27. The molecular weight excluding hydrogens is 340 g/mol. The van der Waals surface area contributed by atoms with Gasteiger partial charge in [-0.3, -0.25) is 9.59 Å². The van der Waals surface area contributed by atoms with E-state index in [4.69, 9.17) is 4.74 Å². The summed E-state index contributed by atoms with van der Waals surface area (Å²) in [6.07, 6.45) is 1.35. The number of hydrogen-bond donors (Lipinski definition) is 1. The van der Waals surface area contributed by atoms with Crippen LogP contribution in [0, 0.1) is 5.41 Å². The van der Waals surface area contributed by atoms with Crippen molar-refractivity contribution in [3.05, 3.63) is 71.0 Å². The number of fused-ring (bicyclic) bond motifs is 1. The molecule has 0 fully saturated rings. The maximum absolute atomic E-state index is 12.9. The first kappa shape index (κ1) is 17.5. The summed E-state index contributed by atoms with van der Waals surface area (Å²) in [5.41, 5.74) is 1.92. The summed E-state index contributed by atoms with van der Waals surface area (Å²) in [5, 5.41) is 9.45. The van der Waals surface area contributed by atoms with Gasteiger partial charge in [0.1, 0.15) is 17.3 Å². The number of phenolic OH excluding ortho intramolecular Hbond substituents is 1. The summed E-state index contributed by atoms with van der Waals surface area (Å²) >= 11 is 0. The van der Waals surface area contributed by atoms with Gasteiger partial charge < -0.3 is 9.84 Å². The van der Waals surface area contributed by atoms with Gasteiger partial charge in [0.05, 0.1) is 0 Å². The van der Waals surface area contributed by atoms with Gasteiger partial charge in [-0.2, -0.15) is 0 Å². The average Bonchev–Trinajstić information content (AvgIpc) is 2.60. The molecule has 4 rings (SSSR count). The molecule has 0 amide bonds. The van der Waals surface area contributed by atoms with Crippen LogP contribution in [0.1, 0.15) is 54.9 Å². The van der Waals surface area contributed by atoms with Gasteiger partial charge in [-0.15, -0.1) is 0 Å². The molecule has 138 valence electrons. The van der Waals surface area contributed by atoms with E-state index >= 15 is 0 Å². The zero-order valence-electron chi connectivity index (χ0n) is 15.5. The van der Waals surface area contributed by atoms with Gasteiger partial charge in [-0.25, -0.2) is 0 Å². The topological polar surface area (TPSA) is 63.6 Å². The number of phenols is 1. The molecule has 4 nitrogen and oxygen atoms in total. The highest BCUT2D eigenvalue weighted by Crippen LogP contribution is 2.48. The number of benzene rings is 2. The Hall–Kier alpha value is -2.88. The zero-order chi connectivity index (χ0) is 19.2. The fraction of sp³-hybridized carbons (Fsp3) is 0.304. The molecule has 2 aromatic rings. The molecule has 1 aliphatic heterocycles. The maximum Gasteiger partial charge on any atom is 0.163 e. The van der Waals surface area contributed by atoms with Crippen molar-refractivity contribution in [2.24, 2.45) is 5.41 Å². The van der Waals surface area contributed by atoms with Crippen LogP contribution in [-0.2, 0) is 4.79 Å². The molecule has 4 heteroatoms. The van der Waals surface area contributed by atoms with Crippen molar-refractivity contribution in [1.29, 1.82) is 0 Å². The van der Waals surface area contributed by atoms with Crippen LogP contribution in [0.25, 0.3) is 0 Å². The molecule has 2 aliphatic rings. The molecule has 1 heterocycles. The summed E-state index contributed by atoms with van der Waals surface area (Å²) < 4.78 is 6.09. The number of allylic oxidation sites excluding steroid dienone is 2. The van der Waals surface area contributed by atoms with E-state index in [2.05, 4.69) is 13.8 Å². The second-order valence-corrected chi connectivity index (χ2v) is 8.14. The molecule has 0 aromatic heterocycles. The summed E-state index contributed by atoms with van der Waals surface area (Å²) in [6.45, 7) is 4.13. The first-order chi connectivity index (χ1) is 12.8. The van der Waals surface area contributed by atoms with Gasteiger partial charge in [0.15, 0.2) is 11.6 Å². The van der Waals surface area contributed by atoms with Gasteiger partial charge in [-0.1, -0.05) is 32.0 Å². The molecule has 0 radical (unpaired) electrons. The molecular formula is C23H22O4. The van der Waals surface area contributed by atoms with E-state index < -0.39 is 0 Å². The predicted octanol–water partition coefficient (Wildman–Crippen LogP) is 4.78. The number of Topliss-reactive ketones (excluding diaryl/α,β-unsaturated/α-hetero) is 2. The smallest absolute Gasteiger partial charge is 0.163 e. The quantitative estimate of drug-likeness (QED) is 0.798. The van der Waals surface area contributed by atoms with Crippen molar-refractivity contribution < 1.29 is 19.4 Å². The van der Waals surface area contributed by atoms with Gasteiger partial charge >= 0.3 is 0 Å². The van der Waals surface area contributed by atoms with Crippen LogP contribution >= 0.6 is 0 Å². The second-order valence-electron chi connectivity index (χ2n) is 8.14. The average molecular weight is 362 g/mol. The SMILES string of the molecule is CC1(C)CC(=O)C2=C(C1)Oc1ccccc1[C@@H]2CC(=O)c1ccc(O)cc1. The summed E-state index contributed by atoms with van der Waals surface area (Å²) in [4.78, 5) is 25.8. The van der Waals surface area contributed by atoms with E-state index in [0.717, 1.165) is 11.3 Å². The van der Waals surface area contributed by atoms with Crippen molar-refractivity contribution >= 4 is 11.6 Å². The Labute approximate surface area is 158 Å². The van der Waals surface area contributed by atoms with E-state index in [1.54, 1.807) is 12.1 Å². The molecule has 0 spiro atoms. The van der Waals surface area contributed by atoms with Crippen LogP contribution in [-0.4, -0.2) is 16.7 Å². The van der Waals surface area contributed by atoms with Gasteiger partial charge in [0.2, 0.25) is 0 Å². The van der Waals surface area contributed by atoms with Crippen molar-refractivity contribution in [3.8, 4) is 11.5 Å². The standard InChI is InChI=1S/C23H22O4/c1-23(2)12-19(26)22-17(11-18(25)14-7-9-15(24)10-8-14)16-5-3-4-6-20(16)27-21(22)13-23/h3-10,17,24H,11-13H2,1-2H3/t17-/m0/s1. The van der Waals surface area contributed by atoms with Crippen LogP contribution in [0.5, 0.6) is 11.5 Å². The number of rotatable bonds is 3. The minimum absolute atomic E-state index is 0.0545. The van der Waals surface area contributed by atoms with Crippen LogP contribution < -0.4 is 4.74 Å². The number of ketones is 2. The number of para-hydroxylation sites is 1. The number of ether oxygens (including phenoxy) is 1. The molecule has 2 aromatic carbocycles. The third-order valence-electron chi connectivity index (χ3n) is 5.33. The first-order valence-electron chi connectivity index (χ1n) is 9.19. The Kier molecular flexibility index (Phi) is 4.14. The lowest BCUT2D eigenvalue weighted by atomic mass is 9.70. The van der Waals surface area contributed by atoms with E-state index in [1.807, 2.05) is 24.3 Å². The van der Waals surface area contributed by atoms with Gasteiger partial charge in [0.25, 0.3) is 0 Å². The fourth-order valence-electron chi connectivity index (χ4n) is 4.07. The van der Waals surface area contributed by atoms with Crippen LogP contribution in [0.15, 0.2) is 59.9 Å². The van der Waals surface area contributed by atoms with E-state index in [0.29, 0.717) is 29.7 Å². The highest BCUT2D eigenvalue weighted by molar-refractivity contribution is 6.02. The lowest BCUT2D eigenvalue weighted by molar-refractivity contribution is -0.118. The van der Waals surface area contributed by atoms with Crippen LogP contribution in [0.3, 0.4) is 0 Å². The number of carbonyl (C=O) groups is 2. The lowest BCUT2D eigenvalue weighted by Gasteiger charge is -2.38. The van der Waals surface area contributed by atoms with E-state index in [-0.39, 0.29) is 35.1 Å². The Morgan fingerprint density at radius 2 is 1.81 bits per heavy atom. The molecule has 0 saturated carbocycles. The third-order valence-corrected chi connectivity index (χ3v) is 5.33. The second kappa shape index (κ2) is 6.38. The van der Waals surface area contributed by atoms with Crippen molar-refractivity contribution in [2.45, 2.75) is 39.0 Å². The Balaban J connectivity index is 1.74. The predicted molar refractivity (Wildman–Crippen MR) is 102 cm³/mol. The van der Waals surface area contributed by atoms with Crippen molar-refractivity contribution in [1.82, 2.24) is 0 Å². The number of hydrogen-bond acceptors (Lipinski definition) is 4. The zero-order valence-corrected chi connectivity index (χ0v) is 15.5. The van der Waals surface area contributed by atoms with Crippen molar-refractivity contribution in [3.63, 3.8) is 0 Å². The molecule has 0 unspecified atom stereocenters. The molecule has 1 N–H and O–H groups in total. The van der Waals surface area contributed by atoms with E-state index in [9.17, 15) is 14.7 Å². The Bertz CT molecular complexity index is 951. The number of aromatic hydroxyl groups is 1. The van der Waals surface area contributed by atoms with E-state index in [1.165, 1.54) is 12.1 Å². The maximum atomic E-state index is 12.9. The first-order valence-corrected chi connectivity index (χ1v) is 9.19. The minimum atomic E-state index is -0.296. The van der Waals surface area contributed by atoms with Crippen LogP contribution in [0.4, 0.5) is 0 Å².